The zero-order valence-corrected chi connectivity index (χ0v) is 18.2. The Morgan fingerprint density at radius 3 is 1.91 bits per heavy atom. The summed E-state index contributed by atoms with van der Waals surface area (Å²) in [7, 11) is 0. The fourth-order valence-electron chi connectivity index (χ4n) is 3.24. The molecule has 4 atom stereocenters. The molecule has 0 saturated carbocycles. The Morgan fingerprint density at radius 2 is 1.44 bits per heavy atom. The van der Waals surface area contributed by atoms with Gasteiger partial charge in [-0.2, -0.15) is 0 Å². The summed E-state index contributed by atoms with van der Waals surface area (Å²) in [5, 5.41) is 19.3. The maximum atomic E-state index is 12.8. The van der Waals surface area contributed by atoms with Crippen LogP contribution in [-0.2, 0) is 28.8 Å². The van der Waals surface area contributed by atoms with Gasteiger partial charge in [-0.05, 0) is 31.7 Å². The molecule has 4 unspecified atom stereocenters. The molecule has 13 heteroatoms. The maximum absolute atomic E-state index is 12.8. The molecule has 5 amide bonds. The highest BCUT2D eigenvalue weighted by molar-refractivity contribution is 5.96. The Hall–Kier alpha value is -3.22. The van der Waals surface area contributed by atoms with E-state index in [1.54, 1.807) is 13.8 Å². The van der Waals surface area contributed by atoms with Gasteiger partial charge in [-0.3, -0.25) is 24.0 Å². The number of carboxylic acids is 1. The number of rotatable bonds is 13. The van der Waals surface area contributed by atoms with Crippen LogP contribution in [0.4, 0.5) is 0 Å². The Bertz CT molecular complexity index is 736. The first-order valence-corrected chi connectivity index (χ1v) is 10.3. The highest BCUT2D eigenvalue weighted by Gasteiger charge is 2.32. The molecule has 1 fully saturated rings. The largest absolute Gasteiger partial charge is 0.480 e. The summed E-state index contributed by atoms with van der Waals surface area (Å²) in [4.78, 5) is 71.6. The normalized spacial score (nSPS) is 18.3. The van der Waals surface area contributed by atoms with Crippen molar-refractivity contribution in [2.45, 2.75) is 70.1 Å². The van der Waals surface area contributed by atoms with Gasteiger partial charge in [-0.1, -0.05) is 13.8 Å². The molecule has 1 heterocycles. The number of carbonyl (C=O) groups excluding carboxylic acids is 5. The third kappa shape index (κ3) is 9.29. The van der Waals surface area contributed by atoms with Crippen molar-refractivity contribution in [3.63, 3.8) is 0 Å². The molecule has 1 saturated heterocycles. The van der Waals surface area contributed by atoms with Crippen LogP contribution in [0.5, 0.6) is 0 Å². The van der Waals surface area contributed by atoms with Crippen molar-refractivity contribution < 1.29 is 33.9 Å². The number of hydrogen-bond donors (Lipinski definition) is 7. The minimum absolute atomic E-state index is 0.0858. The molecule has 9 N–H and O–H groups in total. The van der Waals surface area contributed by atoms with E-state index in [0.717, 1.165) is 6.42 Å². The van der Waals surface area contributed by atoms with Gasteiger partial charge in [0.05, 0.1) is 18.9 Å². The predicted octanol–water partition coefficient (Wildman–Crippen LogP) is -2.93. The molecule has 0 spiro atoms. The van der Waals surface area contributed by atoms with Gasteiger partial charge in [0.2, 0.25) is 29.5 Å². The second-order valence-corrected chi connectivity index (χ2v) is 8.14. The topological polar surface area (TPSA) is 223 Å². The van der Waals surface area contributed by atoms with Gasteiger partial charge in [0.25, 0.3) is 0 Å². The van der Waals surface area contributed by atoms with Gasteiger partial charge in [0.15, 0.2) is 0 Å². The van der Waals surface area contributed by atoms with Crippen molar-refractivity contribution >= 4 is 35.5 Å². The lowest BCUT2D eigenvalue weighted by atomic mass is 10.0. The van der Waals surface area contributed by atoms with Crippen LogP contribution >= 0.6 is 0 Å². The maximum Gasteiger partial charge on any atom is 0.326 e. The van der Waals surface area contributed by atoms with Gasteiger partial charge >= 0.3 is 5.97 Å². The first-order valence-electron chi connectivity index (χ1n) is 10.3. The van der Waals surface area contributed by atoms with Crippen LogP contribution in [0.15, 0.2) is 0 Å². The number of primary amides is 2. The zero-order valence-electron chi connectivity index (χ0n) is 18.2. The average Bonchev–Trinajstić information content (AvgIpc) is 3.20. The summed E-state index contributed by atoms with van der Waals surface area (Å²) in [6.07, 6.45) is 0.378. The van der Waals surface area contributed by atoms with Crippen molar-refractivity contribution in [1.29, 1.82) is 0 Å². The van der Waals surface area contributed by atoms with Gasteiger partial charge in [0, 0.05) is 0 Å². The summed E-state index contributed by atoms with van der Waals surface area (Å²) in [5.74, 6) is -5.44. The lowest BCUT2D eigenvalue weighted by Crippen LogP contribution is -2.58. The summed E-state index contributed by atoms with van der Waals surface area (Å²) >= 11 is 0. The average molecular weight is 457 g/mol. The van der Waals surface area contributed by atoms with E-state index in [4.69, 9.17) is 11.5 Å². The smallest absolute Gasteiger partial charge is 0.326 e. The molecule has 1 aliphatic rings. The Morgan fingerprint density at radius 1 is 0.906 bits per heavy atom. The molecule has 180 valence electrons. The fourth-order valence-corrected chi connectivity index (χ4v) is 3.24. The molecular weight excluding hydrogens is 424 g/mol. The number of nitrogens with one attached hydrogen (secondary N) is 4. The molecular formula is C19H32N6O7. The third-order valence-corrected chi connectivity index (χ3v) is 4.78. The number of hydrogen-bond acceptors (Lipinski definition) is 7. The fraction of sp³-hybridized carbons (Fsp3) is 0.684. The molecule has 32 heavy (non-hydrogen) atoms. The van der Waals surface area contributed by atoms with E-state index < -0.39 is 72.5 Å². The van der Waals surface area contributed by atoms with E-state index in [9.17, 15) is 33.9 Å². The second kappa shape index (κ2) is 12.6. The molecule has 0 aliphatic carbocycles. The van der Waals surface area contributed by atoms with Crippen molar-refractivity contribution in [2.75, 3.05) is 6.54 Å². The second-order valence-electron chi connectivity index (χ2n) is 8.14. The molecule has 0 radical (unpaired) electrons. The Labute approximate surface area is 185 Å². The quantitative estimate of drug-likeness (QED) is 0.152. The molecule has 0 aromatic heterocycles. The predicted molar refractivity (Wildman–Crippen MR) is 112 cm³/mol. The van der Waals surface area contributed by atoms with Gasteiger partial charge in [0.1, 0.15) is 18.1 Å². The van der Waals surface area contributed by atoms with Crippen LogP contribution in [0.1, 0.15) is 46.0 Å². The number of amides is 5. The minimum atomic E-state index is -1.57. The summed E-state index contributed by atoms with van der Waals surface area (Å²) in [6, 6.07) is -4.57. The molecule has 0 aromatic rings. The van der Waals surface area contributed by atoms with Crippen molar-refractivity contribution in [3.8, 4) is 0 Å². The molecule has 13 nitrogen and oxygen atoms in total. The van der Waals surface area contributed by atoms with E-state index in [-0.39, 0.29) is 12.3 Å². The highest BCUT2D eigenvalue weighted by atomic mass is 16.4. The highest BCUT2D eigenvalue weighted by Crippen LogP contribution is 2.09. The van der Waals surface area contributed by atoms with Gasteiger partial charge in [-0.25, -0.2) is 4.79 Å². The van der Waals surface area contributed by atoms with E-state index in [1.165, 1.54) is 0 Å². The van der Waals surface area contributed by atoms with E-state index in [0.29, 0.717) is 13.0 Å². The summed E-state index contributed by atoms with van der Waals surface area (Å²) < 4.78 is 0. The van der Waals surface area contributed by atoms with Crippen LogP contribution in [0.3, 0.4) is 0 Å². The lowest BCUT2D eigenvalue weighted by Gasteiger charge is -2.25. The SMILES string of the molecule is CC(C)CC(NC(=O)C(CC(N)=O)NC(=O)C1CCCN1)C(=O)NC(CC(N)=O)C(=O)O. The monoisotopic (exact) mass is 456 g/mol. The Balaban J connectivity index is 2.93. The van der Waals surface area contributed by atoms with Crippen LogP contribution < -0.4 is 32.7 Å². The number of carboxylic acid groups (broad SMARTS) is 1. The number of carbonyl (C=O) groups is 6. The van der Waals surface area contributed by atoms with Crippen LogP contribution in [0.25, 0.3) is 0 Å². The first-order chi connectivity index (χ1) is 14.9. The van der Waals surface area contributed by atoms with Crippen LogP contribution in [0, 0.1) is 5.92 Å². The van der Waals surface area contributed by atoms with Crippen LogP contribution in [0.2, 0.25) is 0 Å². The van der Waals surface area contributed by atoms with Crippen molar-refractivity contribution in [2.24, 2.45) is 17.4 Å². The number of nitrogens with two attached hydrogens (primary N) is 2. The molecule has 0 bridgehead atoms. The van der Waals surface area contributed by atoms with E-state index in [1.807, 2.05) is 0 Å². The minimum Gasteiger partial charge on any atom is -0.480 e. The summed E-state index contributed by atoms with van der Waals surface area (Å²) in [6.45, 7) is 4.20. The van der Waals surface area contributed by atoms with E-state index in [2.05, 4.69) is 21.3 Å². The molecule has 1 aliphatic heterocycles. The molecule has 0 aromatic carbocycles. The standard InChI is InChI=1S/C19H32N6O7/c1-9(2)6-11(17(29)25-13(19(31)32)8-15(21)27)23-18(30)12(7-14(20)26)24-16(28)10-4-3-5-22-10/h9-13,22H,3-8H2,1-2H3,(H2,20,26)(H2,21,27)(H,23,30)(H,24,28)(H,25,29)(H,31,32). The summed E-state index contributed by atoms with van der Waals surface area (Å²) in [5.41, 5.74) is 10.2. The first kappa shape index (κ1) is 26.8. The lowest BCUT2D eigenvalue weighted by molar-refractivity contribution is -0.144. The third-order valence-electron chi connectivity index (χ3n) is 4.78. The van der Waals surface area contributed by atoms with Crippen molar-refractivity contribution in [3.05, 3.63) is 0 Å². The van der Waals surface area contributed by atoms with E-state index >= 15 is 0 Å². The number of aliphatic carboxylic acids is 1. The van der Waals surface area contributed by atoms with Crippen molar-refractivity contribution in [1.82, 2.24) is 21.3 Å². The zero-order chi connectivity index (χ0) is 24.4. The molecule has 1 rings (SSSR count). The van der Waals surface area contributed by atoms with Gasteiger partial charge in [-0.15, -0.1) is 0 Å². The van der Waals surface area contributed by atoms with Gasteiger partial charge < -0.3 is 37.8 Å². The Kier molecular flexibility index (Phi) is 10.5. The van der Waals surface area contributed by atoms with Crippen LogP contribution in [-0.4, -0.2) is 71.3 Å².